The van der Waals surface area contributed by atoms with E-state index < -0.39 is 0 Å². The van der Waals surface area contributed by atoms with Crippen molar-refractivity contribution in [1.82, 2.24) is 15.0 Å². The third-order valence-electron chi connectivity index (χ3n) is 4.71. The van der Waals surface area contributed by atoms with Crippen molar-refractivity contribution in [2.45, 2.75) is 6.42 Å². The molecule has 3 rings (SSSR count). The molecular weight excluding hydrogens is 414 g/mol. The molecule has 0 aliphatic heterocycles. The van der Waals surface area contributed by atoms with Gasteiger partial charge in [-0.05, 0) is 24.9 Å². The molecule has 0 atom stereocenters. The first-order valence-electron chi connectivity index (χ1n) is 9.68. The zero-order valence-electron chi connectivity index (χ0n) is 18.4. The summed E-state index contributed by atoms with van der Waals surface area (Å²) in [5, 5.41) is 11.1. The first kappa shape index (κ1) is 22.6. The van der Waals surface area contributed by atoms with Crippen LogP contribution in [0, 0.1) is 0 Å². The Bertz CT molecular complexity index is 1090. The summed E-state index contributed by atoms with van der Waals surface area (Å²) in [4.78, 5) is 15.9. The molecule has 0 unspecified atom stereocenters. The van der Waals surface area contributed by atoms with Crippen molar-refractivity contribution < 1.29 is 23.7 Å². The number of ether oxygens (including phenoxy) is 4. The molecule has 3 aromatic rings. The smallest absolute Gasteiger partial charge is 0.226 e. The molecule has 0 spiro atoms. The standard InChI is InChI=1S/C22H25N5O5/c1-23-9-8-21(28)25-16-10-14(6-7-18(16)29-2)17-13-24-26-27(17)15-11-19(30-3)22(32-5)20(12-15)31-4/h6-7,10-13H,1,8-9H2,2-5H3,(H,25,28). The number of carbonyl (C=O) groups excluding carboxylic acids is 1. The lowest BCUT2D eigenvalue weighted by Gasteiger charge is -2.15. The van der Waals surface area contributed by atoms with Gasteiger partial charge in [0.1, 0.15) is 5.75 Å². The molecular formula is C22H25N5O5. The number of aliphatic imine (C=N–C) groups is 1. The highest BCUT2D eigenvalue weighted by atomic mass is 16.5. The zero-order valence-corrected chi connectivity index (χ0v) is 18.4. The molecule has 1 aromatic heterocycles. The van der Waals surface area contributed by atoms with Gasteiger partial charge < -0.3 is 29.3 Å². The van der Waals surface area contributed by atoms with Gasteiger partial charge in [0.15, 0.2) is 11.5 Å². The Morgan fingerprint density at radius 2 is 1.72 bits per heavy atom. The van der Waals surface area contributed by atoms with E-state index in [1.54, 1.807) is 56.5 Å². The van der Waals surface area contributed by atoms with E-state index in [1.165, 1.54) is 7.11 Å². The molecule has 0 radical (unpaired) electrons. The molecule has 0 aliphatic rings. The third-order valence-corrected chi connectivity index (χ3v) is 4.71. The van der Waals surface area contributed by atoms with Gasteiger partial charge >= 0.3 is 0 Å². The summed E-state index contributed by atoms with van der Waals surface area (Å²) in [5.41, 5.74) is 2.63. The maximum atomic E-state index is 12.2. The van der Waals surface area contributed by atoms with E-state index >= 15 is 0 Å². The van der Waals surface area contributed by atoms with Crippen LogP contribution in [0.5, 0.6) is 23.0 Å². The predicted molar refractivity (Wildman–Crippen MR) is 121 cm³/mol. The minimum absolute atomic E-state index is 0.191. The largest absolute Gasteiger partial charge is 0.495 e. The van der Waals surface area contributed by atoms with Crippen LogP contribution in [0.25, 0.3) is 16.9 Å². The average molecular weight is 439 g/mol. The molecule has 32 heavy (non-hydrogen) atoms. The molecule has 10 heteroatoms. The number of hydrogen-bond acceptors (Lipinski definition) is 8. The van der Waals surface area contributed by atoms with Crippen LogP contribution in [0.4, 0.5) is 5.69 Å². The number of hydrogen-bond donors (Lipinski definition) is 1. The lowest BCUT2D eigenvalue weighted by Crippen LogP contribution is -2.13. The summed E-state index contributed by atoms with van der Waals surface area (Å²) < 4.78 is 23.3. The molecule has 10 nitrogen and oxygen atoms in total. The minimum Gasteiger partial charge on any atom is -0.495 e. The van der Waals surface area contributed by atoms with E-state index in [1.807, 2.05) is 6.07 Å². The molecule has 0 bridgehead atoms. The number of methoxy groups -OCH3 is 4. The van der Waals surface area contributed by atoms with Crippen molar-refractivity contribution in [3.63, 3.8) is 0 Å². The van der Waals surface area contributed by atoms with E-state index in [-0.39, 0.29) is 12.3 Å². The minimum atomic E-state index is -0.191. The van der Waals surface area contributed by atoms with Gasteiger partial charge in [-0.1, -0.05) is 5.21 Å². The molecule has 0 fully saturated rings. The predicted octanol–water partition coefficient (Wildman–Crippen LogP) is 3.00. The molecule has 168 valence electrons. The summed E-state index contributed by atoms with van der Waals surface area (Å²) in [6, 6.07) is 8.96. The molecule has 1 amide bonds. The van der Waals surface area contributed by atoms with Crippen LogP contribution in [0.2, 0.25) is 0 Å². The fourth-order valence-corrected chi connectivity index (χ4v) is 3.17. The van der Waals surface area contributed by atoms with Crippen LogP contribution in [-0.2, 0) is 4.79 Å². The second-order valence-corrected chi connectivity index (χ2v) is 6.58. The Balaban J connectivity index is 2.04. The molecule has 0 saturated carbocycles. The summed E-state index contributed by atoms with van der Waals surface area (Å²) in [5.74, 6) is 1.79. The van der Waals surface area contributed by atoms with Crippen LogP contribution < -0.4 is 24.3 Å². The van der Waals surface area contributed by atoms with Gasteiger partial charge in [-0.15, -0.1) is 5.10 Å². The maximum Gasteiger partial charge on any atom is 0.226 e. The van der Waals surface area contributed by atoms with Gasteiger partial charge in [0.05, 0.1) is 51.7 Å². The number of benzene rings is 2. The van der Waals surface area contributed by atoms with E-state index in [4.69, 9.17) is 18.9 Å². The zero-order chi connectivity index (χ0) is 23.1. The normalized spacial score (nSPS) is 10.4. The SMILES string of the molecule is C=NCCC(=O)Nc1cc(-c2cnnn2-c2cc(OC)c(OC)c(OC)c2)ccc1OC. The van der Waals surface area contributed by atoms with Gasteiger partial charge in [-0.25, -0.2) is 4.68 Å². The number of aromatic nitrogens is 3. The van der Waals surface area contributed by atoms with Crippen LogP contribution in [0.15, 0.2) is 41.5 Å². The number of amides is 1. The first-order valence-corrected chi connectivity index (χ1v) is 9.68. The number of rotatable bonds is 10. The van der Waals surface area contributed by atoms with Crippen molar-refractivity contribution in [2.75, 3.05) is 40.3 Å². The number of carbonyl (C=O) groups is 1. The van der Waals surface area contributed by atoms with Crippen molar-refractivity contribution in [2.24, 2.45) is 4.99 Å². The second-order valence-electron chi connectivity index (χ2n) is 6.58. The van der Waals surface area contributed by atoms with Gasteiger partial charge in [-0.2, -0.15) is 0 Å². The van der Waals surface area contributed by atoms with Crippen molar-refractivity contribution in [3.05, 3.63) is 36.5 Å². The third kappa shape index (κ3) is 4.64. The van der Waals surface area contributed by atoms with Gasteiger partial charge in [-0.3, -0.25) is 4.79 Å². The number of nitrogens with one attached hydrogen (secondary N) is 1. The Labute approximate surface area is 185 Å². The lowest BCUT2D eigenvalue weighted by atomic mass is 10.1. The van der Waals surface area contributed by atoms with Gasteiger partial charge in [0.2, 0.25) is 11.7 Å². The van der Waals surface area contributed by atoms with Crippen LogP contribution >= 0.6 is 0 Å². The van der Waals surface area contributed by atoms with Crippen LogP contribution in [0.1, 0.15) is 6.42 Å². The maximum absolute atomic E-state index is 12.2. The highest BCUT2D eigenvalue weighted by Gasteiger charge is 2.18. The quantitative estimate of drug-likeness (QED) is 0.484. The summed E-state index contributed by atoms with van der Waals surface area (Å²) in [6.07, 6.45) is 1.85. The van der Waals surface area contributed by atoms with E-state index in [0.29, 0.717) is 46.6 Å². The summed E-state index contributed by atoms with van der Waals surface area (Å²) in [7, 11) is 6.17. The van der Waals surface area contributed by atoms with Crippen LogP contribution in [-0.4, -0.2) is 62.6 Å². The molecule has 1 N–H and O–H groups in total. The number of nitrogens with zero attached hydrogens (tertiary/aromatic N) is 4. The highest BCUT2D eigenvalue weighted by Crippen LogP contribution is 2.40. The molecule has 2 aromatic carbocycles. The van der Waals surface area contributed by atoms with E-state index in [0.717, 1.165) is 5.56 Å². The fourth-order valence-electron chi connectivity index (χ4n) is 3.17. The van der Waals surface area contributed by atoms with Gasteiger partial charge in [0, 0.05) is 30.7 Å². The Hall–Kier alpha value is -4.08. The lowest BCUT2D eigenvalue weighted by molar-refractivity contribution is -0.116. The molecule has 0 saturated heterocycles. The first-order chi connectivity index (χ1) is 15.6. The summed E-state index contributed by atoms with van der Waals surface area (Å²) >= 11 is 0. The fraction of sp³-hybridized carbons (Fsp3) is 0.273. The topological polar surface area (TPSA) is 109 Å². The Morgan fingerprint density at radius 1 is 1.03 bits per heavy atom. The summed E-state index contributed by atoms with van der Waals surface area (Å²) in [6.45, 7) is 3.74. The highest BCUT2D eigenvalue weighted by molar-refractivity contribution is 5.93. The van der Waals surface area contributed by atoms with Crippen LogP contribution in [0.3, 0.4) is 0 Å². The Morgan fingerprint density at radius 3 is 2.31 bits per heavy atom. The molecule has 1 heterocycles. The molecule has 0 aliphatic carbocycles. The van der Waals surface area contributed by atoms with Crippen molar-refractivity contribution >= 4 is 18.3 Å². The average Bonchev–Trinajstić information content (AvgIpc) is 3.31. The monoisotopic (exact) mass is 439 g/mol. The van der Waals surface area contributed by atoms with Gasteiger partial charge in [0.25, 0.3) is 0 Å². The Kier molecular flexibility index (Phi) is 7.27. The number of anilines is 1. The van der Waals surface area contributed by atoms with Crippen molar-refractivity contribution in [3.8, 4) is 39.9 Å². The van der Waals surface area contributed by atoms with Crippen molar-refractivity contribution in [1.29, 1.82) is 0 Å². The van der Waals surface area contributed by atoms with E-state index in [2.05, 4.69) is 27.3 Å². The van der Waals surface area contributed by atoms with E-state index in [9.17, 15) is 4.79 Å². The second kappa shape index (κ2) is 10.3.